The lowest BCUT2D eigenvalue weighted by atomic mass is 9.96. The molecule has 1 unspecified atom stereocenters. The second-order valence-corrected chi connectivity index (χ2v) is 2.92. The number of allylic oxidation sites excluding steroid dienone is 2. The third-order valence-corrected chi connectivity index (χ3v) is 2.04. The molecular weight excluding hydrogens is 122 g/mol. The molecule has 1 N–H and O–H groups in total. The van der Waals surface area contributed by atoms with E-state index in [4.69, 9.17) is 0 Å². The Kier molecular flexibility index (Phi) is 3.52. The number of nitrogens with one attached hydrogen (secondary N) is 1. The maximum atomic E-state index is 3.67. The van der Waals surface area contributed by atoms with E-state index < -0.39 is 0 Å². The molecule has 0 aliphatic carbocycles. The van der Waals surface area contributed by atoms with Gasteiger partial charge in [0.25, 0.3) is 0 Å². The first-order valence-corrected chi connectivity index (χ1v) is 4.08. The number of rotatable bonds is 2. The van der Waals surface area contributed by atoms with Crippen molar-refractivity contribution >= 4 is 0 Å². The zero-order valence-corrected chi connectivity index (χ0v) is 6.47. The molecule has 0 spiro atoms. The van der Waals surface area contributed by atoms with Gasteiger partial charge in [0.05, 0.1) is 0 Å². The first-order valence-electron chi connectivity index (χ1n) is 4.08. The summed E-state index contributed by atoms with van der Waals surface area (Å²) in [6.07, 6.45) is 8.00. The normalized spacial score (nSPS) is 27.5. The monoisotopic (exact) mass is 138 g/mol. The van der Waals surface area contributed by atoms with Crippen LogP contribution in [0.1, 0.15) is 19.3 Å². The quantitative estimate of drug-likeness (QED) is 0.613. The van der Waals surface area contributed by atoms with Crippen molar-refractivity contribution in [2.75, 3.05) is 13.1 Å². The highest BCUT2D eigenvalue weighted by atomic mass is 14.9. The highest BCUT2D eigenvalue weighted by molar-refractivity contribution is 4.87. The molecule has 0 saturated carbocycles. The van der Waals surface area contributed by atoms with Crippen LogP contribution in [0.25, 0.3) is 0 Å². The van der Waals surface area contributed by atoms with Crippen molar-refractivity contribution in [2.24, 2.45) is 5.92 Å². The summed E-state index contributed by atoms with van der Waals surface area (Å²) in [6.45, 7) is 6.08. The molecule has 1 heteroatoms. The van der Waals surface area contributed by atoms with Crippen molar-refractivity contribution in [3.05, 3.63) is 19.1 Å². The zero-order chi connectivity index (χ0) is 7.23. The second kappa shape index (κ2) is 4.51. The van der Waals surface area contributed by atoms with Crippen LogP contribution in [0.3, 0.4) is 0 Å². The molecule has 0 aromatic heterocycles. The summed E-state index contributed by atoms with van der Waals surface area (Å²) < 4.78 is 0. The molecule has 0 amide bonds. The van der Waals surface area contributed by atoms with Gasteiger partial charge in [0.15, 0.2) is 0 Å². The van der Waals surface area contributed by atoms with Gasteiger partial charge in [-0.25, -0.2) is 0 Å². The smallest absolute Gasteiger partial charge is 0.00175 e. The van der Waals surface area contributed by atoms with Gasteiger partial charge in [-0.2, -0.15) is 0 Å². The fraction of sp³-hybridized carbons (Fsp3) is 0.667. The highest BCUT2D eigenvalue weighted by Crippen LogP contribution is 2.13. The Hall–Kier alpha value is -0.300. The summed E-state index contributed by atoms with van der Waals surface area (Å²) in [5, 5.41) is 3.39. The molecule has 0 bridgehead atoms. The topological polar surface area (TPSA) is 12.0 Å². The Labute approximate surface area is 63.5 Å². The van der Waals surface area contributed by atoms with E-state index in [1.54, 1.807) is 0 Å². The molecule has 1 atom stereocenters. The summed E-state index contributed by atoms with van der Waals surface area (Å²) in [6, 6.07) is 0. The Morgan fingerprint density at radius 2 is 2.50 bits per heavy atom. The van der Waals surface area contributed by atoms with Crippen LogP contribution in [0.2, 0.25) is 0 Å². The van der Waals surface area contributed by atoms with E-state index in [2.05, 4.69) is 18.3 Å². The van der Waals surface area contributed by atoms with Gasteiger partial charge in [-0.3, -0.25) is 0 Å². The van der Waals surface area contributed by atoms with Gasteiger partial charge >= 0.3 is 0 Å². The Bertz CT molecular complexity index is 101. The Morgan fingerprint density at radius 3 is 3.10 bits per heavy atom. The lowest BCUT2D eigenvalue weighted by molar-refractivity contribution is 0.381. The van der Waals surface area contributed by atoms with E-state index in [0.717, 1.165) is 5.92 Å². The lowest BCUT2D eigenvalue weighted by Crippen LogP contribution is -2.29. The predicted molar refractivity (Wildman–Crippen MR) is 44.7 cm³/mol. The Morgan fingerprint density at radius 1 is 1.60 bits per heavy atom. The van der Waals surface area contributed by atoms with Crippen molar-refractivity contribution in [1.82, 2.24) is 5.32 Å². The van der Waals surface area contributed by atoms with E-state index in [0.29, 0.717) is 0 Å². The molecule has 1 fully saturated rings. The van der Waals surface area contributed by atoms with Gasteiger partial charge in [0.1, 0.15) is 0 Å². The first-order chi connectivity index (χ1) is 4.93. The largest absolute Gasteiger partial charge is 0.316 e. The standard InChI is InChI=1S/C9H16N/c1-2-3-5-9-6-4-7-10-8-9/h2-3,9-10H,1,4-8H2. The fourth-order valence-electron chi connectivity index (χ4n) is 1.41. The van der Waals surface area contributed by atoms with Crippen molar-refractivity contribution < 1.29 is 0 Å². The molecular formula is C9H16N. The molecule has 10 heavy (non-hydrogen) atoms. The van der Waals surface area contributed by atoms with Crippen molar-refractivity contribution in [2.45, 2.75) is 19.3 Å². The van der Waals surface area contributed by atoms with Crippen molar-refractivity contribution in [3.8, 4) is 0 Å². The minimum atomic E-state index is 0.867. The van der Waals surface area contributed by atoms with Crippen LogP contribution in [0.15, 0.2) is 12.2 Å². The molecule has 1 radical (unpaired) electrons. The van der Waals surface area contributed by atoms with Crippen molar-refractivity contribution in [3.63, 3.8) is 0 Å². The molecule has 0 aromatic carbocycles. The highest BCUT2D eigenvalue weighted by Gasteiger charge is 2.09. The van der Waals surface area contributed by atoms with Gasteiger partial charge < -0.3 is 5.32 Å². The SMILES string of the molecule is [CH2]C=CCC1CCCNC1. The third-order valence-electron chi connectivity index (χ3n) is 2.04. The maximum Gasteiger partial charge on any atom is -0.00175 e. The summed E-state index contributed by atoms with van der Waals surface area (Å²) in [4.78, 5) is 0. The molecule has 1 rings (SSSR count). The van der Waals surface area contributed by atoms with E-state index in [1.807, 2.05) is 6.08 Å². The number of hydrogen-bond acceptors (Lipinski definition) is 1. The average molecular weight is 138 g/mol. The van der Waals surface area contributed by atoms with Crippen LogP contribution in [0, 0.1) is 12.8 Å². The lowest BCUT2D eigenvalue weighted by Gasteiger charge is -2.20. The minimum Gasteiger partial charge on any atom is -0.316 e. The molecule has 1 aliphatic heterocycles. The number of hydrogen-bond donors (Lipinski definition) is 1. The van der Waals surface area contributed by atoms with Gasteiger partial charge in [-0.15, -0.1) is 0 Å². The zero-order valence-electron chi connectivity index (χ0n) is 6.47. The van der Waals surface area contributed by atoms with E-state index >= 15 is 0 Å². The summed E-state index contributed by atoms with van der Waals surface area (Å²) in [7, 11) is 0. The molecule has 1 nitrogen and oxygen atoms in total. The second-order valence-electron chi connectivity index (χ2n) is 2.92. The summed E-state index contributed by atoms with van der Waals surface area (Å²) in [5.41, 5.74) is 0. The minimum absolute atomic E-state index is 0.867. The van der Waals surface area contributed by atoms with Crippen LogP contribution < -0.4 is 5.32 Å². The van der Waals surface area contributed by atoms with Crippen LogP contribution in [0.5, 0.6) is 0 Å². The third kappa shape index (κ3) is 2.53. The molecule has 0 aromatic rings. The maximum absolute atomic E-state index is 3.67. The van der Waals surface area contributed by atoms with E-state index in [1.165, 1.54) is 32.4 Å². The summed E-state index contributed by atoms with van der Waals surface area (Å²) >= 11 is 0. The molecule has 57 valence electrons. The van der Waals surface area contributed by atoms with Crippen LogP contribution in [-0.4, -0.2) is 13.1 Å². The molecule has 1 saturated heterocycles. The van der Waals surface area contributed by atoms with Crippen molar-refractivity contribution in [1.29, 1.82) is 0 Å². The molecule has 1 aliphatic rings. The Balaban J connectivity index is 2.13. The van der Waals surface area contributed by atoms with Crippen LogP contribution >= 0.6 is 0 Å². The van der Waals surface area contributed by atoms with Crippen LogP contribution in [0.4, 0.5) is 0 Å². The number of piperidine rings is 1. The molecule has 1 heterocycles. The van der Waals surface area contributed by atoms with Gasteiger partial charge in [0.2, 0.25) is 0 Å². The van der Waals surface area contributed by atoms with Gasteiger partial charge in [-0.1, -0.05) is 12.2 Å². The van der Waals surface area contributed by atoms with Gasteiger partial charge in [-0.05, 0) is 45.2 Å². The van der Waals surface area contributed by atoms with E-state index in [9.17, 15) is 0 Å². The fourth-order valence-corrected chi connectivity index (χ4v) is 1.41. The predicted octanol–water partition coefficient (Wildman–Crippen LogP) is 1.77. The van der Waals surface area contributed by atoms with Gasteiger partial charge in [0, 0.05) is 0 Å². The average Bonchev–Trinajstić information content (AvgIpc) is 2.03. The first kappa shape index (κ1) is 7.80. The van der Waals surface area contributed by atoms with Crippen LogP contribution in [-0.2, 0) is 0 Å². The summed E-state index contributed by atoms with van der Waals surface area (Å²) in [5.74, 6) is 0.867. The van der Waals surface area contributed by atoms with E-state index in [-0.39, 0.29) is 0 Å².